The van der Waals surface area contributed by atoms with E-state index >= 15 is 0 Å². The van der Waals surface area contributed by atoms with E-state index in [2.05, 4.69) is 16.4 Å². The summed E-state index contributed by atoms with van der Waals surface area (Å²) in [6.07, 6.45) is 1.57. The molecule has 0 aliphatic carbocycles. The number of rotatable bonds is 3. The van der Waals surface area contributed by atoms with Gasteiger partial charge in [-0.1, -0.05) is 18.2 Å². The zero-order chi connectivity index (χ0) is 12.8. The highest BCUT2D eigenvalue weighted by Crippen LogP contribution is 2.04. The Kier molecular flexibility index (Phi) is 3.67. The molecule has 2 aromatic rings. The predicted molar refractivity (Wildman–Crippen MR) is 66.6 cm³/mol. The number of pyridine rings is 1. The Labute approximate surface area is 105 Å². The summed E-state index contributed by atoms with van der Waals surface area (Å²) >= 11 is 0. The molecule has 0 aliphatic rings. The number of nitrogens with one attached hydrogen (secondary N) is 1. The largest absolute Gasteiger partial charge is 0.347 e. The van der Waals surface area contributed by atoms with Crippen molar-refractivity contribution in [3.63, 3.8) is 0 Å². The Bertz CT molecular complexity index is 587. The number of carbonyl (C=O) groups excluding carboxylic acids is 1. The number of nitrogens with zero attached hydrogens (tertiary/aromatic N) is 2. The van der Waals surface area contributed by atoms with E-state index in [-0.39, 0.29) is 5.91 Å². The quantitative estimate of drug-likeness (QED) is 0.886. The van der Waals surface area contributed by atoms with Gasteiger partial charge in [0.15, 0.2) is 0 Å². The Morgan fingerprint density at radius 3 is 2.89 bits per heavy atom. The monoisotopic (exact) mass is 237 g/mol. The molecule has 0 atom stereocenters. The number of amides is 1. The van der Waals surface area contributed by atoms with Crippen LogP contribution in [0.15, 0.2) is 48.7 Å². The van der Waals surface area contributed by atoms with Gasteiger partial charge >= 0.3 is 0 Å². The van der Waals surface area contributed by atoms with Gasteiger partial charge < -0.3 is 5.32 Å². The molecule has 0 bridgehead atoms. The maximum Gasteiger partial charge on any atom is 0.270 e. The van der Waals surface area contributed by atoms with Crippen molar-refractivity contribution in [2.24, 2.45) is 0 Å². The lowest BCUT2D eigenvalue weighted by molar-refractivity contribution is 0.0946. The normalized spacial score (nSPS) is 9.50. The Hall–Kier alpha value is -2.67. The van der Waals surface area contributed by atoms with Gasteiger partial charge in [-0.15, -0.1) is 0 Å². The molecule has 1 heterocycles. The molecule has 1 N–H and O–H groups in total. The summed E-state index contributed by atoms with van der Waals surface area (Å²) in [7, 11) is 0. The first kappa shape index (κ1) is 11.8. The standard InChI is InChI=1S/C14H11N3O/c15-9-11-4-3-5-12(8-11)10-17-14(18)13-6-1-2-7-16-13/h1-8H,10H2,(H,17,18). The summed E-state index contributed by atoms with van der Waals surface area (Å²) in [5.74, 6) is -0.224. The zero-order valence-corrected chi connectivity index (χ0v) is 9.63. The molecule has 1 aromatic heterocycles. The van der Waals surface area contributed by atoms with Crippen molar-refractivity contribution < 1.29 is 4.79 Å². The van der Waals surface area contributed by atoms with Crippen molar-refractivity contribution in [2.75, 3.05) is 0 Å². The van der Waals surface area contributed by atoms with Crippen LogP contribution in [0.1, 0.15) is 21.6 Å². The smallest absolute Gasteiger partial charge is 0.270 e. The number of benzene rings is 1. The lowest BCUT2D eigenvalue weighted by Crippen LogP contribution is -2.23. The van der Waals surface area contributed by atoms with Crippen LogP contribution in [0.25, 0.3) is 0 Å². The van der Waals surface area contributed by atoms with Gasteiger partial charge in [-0.05, 0) is 29.8 Å². The molecular formula is C14H11N3O. The predicted octanol–water partition coefficient (Wildman–Crippen LogP) is 1.88. The van der Waals surface area contributed by atoms with Crippen molar-refractivity contribution in [1.82, 2.24) is 10.3 Å². The molecule has 88 valence electrons. The van der Waals surface area contributed by atoms with Gasteiger partial charge in [0.05, 0.1) is 11.6 Å². The van der Waals surface area contributed by atoms with E-state index < -0.39 is 0 Å². The van der Waals surface area contributed by atoms with Crippen molar-refractivity contribution in [3.05, 3.63) is 65.5 Å². The second-order valence-electron chi connectivity index (χ2n) is 3.71. The summed E-state index contributed by atoms with van der Waals surface area (Å²) in [5.41, 5.74) is 1.85. The van der Waals surface area contributed by atoms with Crippen LogP contribution in [0.4, 0.5) is 0 Å². The highest BCUT2D eigenvalue weighted by molar-refractivity contribution is 5.92. The van der Waals surface area contributed by atoms with Crippen LogP contribution in [0.5, 0.6) is 0 Å². The minimum absolute atomic E-state index is 0.224. The van der Waals surface area contributed by atoms with Crippen LogP contribution < -0.4 is 5.32 Å². The number of hydrogen-bond acceptors (Lipinski definition) is 3. The molecule has 2 rings (SSSR count). The highest BCUT2D eigenvalue weighted by atomic mass is 16.1. The Morgan fingerprint density at radius 1 is 1.28 bits per heavy atom. The van der Waals surface area contributed by atoms with E-state index in [4.69, 9.17) is 5.26 Å². The van der Waals surface area contributed by atoms with Gasteiger partial charge in [0.2, 0.25) is 0 Å². The summed E-state index contributed by atoms with van der Waals surface area (Å²) < 4.78 is 0. The van der Waals surface area contributed by atoms with Gasteiger partial charge in [0.25, 0.3) is 5.91 Å². The summed E-state index contributed by atoms with van der Waals surface area (Å²) in [6.45, 7) is 0.380. The minimum Gasteiger partial charge on any atom is -0.347 e. The van der Waals surface area contributed by atoms with Crippen LogP contribution in [0.2, 0.25) is 0 Å². The maximum absolute atomic E-state index is 11.7. The fraction of sp³-hybridized carbons (Fsp3) is 0.0714. The molecule has 0 saturated carbocycles. The maximum atomic E-state index is 11.7. The fourth-order valence-corrected chi connectivity index (χ4v) is 1.52. The van der Waals surface area contributed by atoms with Gasteiger partial charge in [0, 0.05) is 12.7 Å². The summed E-state index contributed by atoms with van der Waals surface area (Å²) in [6, 6.07) is 14.4. The van der Waals surface area contributed by atoms with Crippen LogP contribution in [0, 0.1) is 11.3 Å². The van der Waals surface area contributed by atoms with Crippen molar-refractivity contribution in [1.29, 1.82) is 5.26 Å². The second kappa shape index (κ2) is 5.60. The molecule has 1 aromatic carbocycles. The lowest BCUT2D eigenvalue weighted by atomic mass is 10.1. The van der Waals surface area contributed by atoms with Gasteiger partial charge in [-0.3, -0.25) is 9.78 Å². The van der Waals surface area contributed by atoms with Gasteiger partial charge in [0.1, 0.15) is 5.69 Å². The molecule has 4 heteroatoms. The molecule has 0 unspecified atom stereocenters. The number of carbonyl (C=O) groups is 1. The third-order valence-corrected chi connectivity index (χ3v) is 2.41. The Morgan fingerprint density at radius 2 is 2.17 bits per heavy atom. The summed E-state index contributed by atoms with van der Waals surface area (Å²) in [5, 5.41) is 11.5. The minimum atomic E-state index is -0.224. The first-order valence-electron chi connectivity index (χ1n) is 5.48. The number of aromatic nitrogens is 1. The van der Waals surface area contributed by atoms with Gasteiger partial charge in [-0.25, -0.2) is 0 Å². The van der Waals surface area contributed by atoms with Crippen molar-refractivity contribution >= 4 is 5.91 Å². The third-order valence-electron chi connectivity index (χ3n) is 2.41. The molecule has 0 saturated heterocycles. The van der Waals surface area contributed by atoms with Crippen molar-refractivity contribution in [3.8, 4) is 6.07 Å². The molecule has 1 amide bonds. The van der Waals surface area contributed by atoms with Gasteiger partial charge in [-0.2, -0.15) is 5.26 Å². The molecule has 0 fully saturated rings. The van der Waals surface area contributed by atoms with Crippen LogP contribution >= 0.6 is 0 Å². The molecular weight excluding hydrogens is 226 g/mol. The molecule has 0 aliphatic heterocycles. The number of nitriles is 1. The lowest BCUT2D eigenvalue weighted by Gasteiger charge is -2.04. The van der Waals surface area contributed by atoms with E-state index in [0.717, 1.165) is 5.56 Å². The molecule has 0 radical (unpaired) electrons. The van der Waals surface area contributed by atoms with Crippen LogP contribution in [-0.2, 0) is 6.54 Å². The van der Waals surface area contributed by atoms with E-state index in [1.54, 1.807) is 42.6 Å². The second-order valence-corrected chi connectivity index (χ2v) is 3.71. The van der Waals surface area contributed by atoms with Crippen molar-refractivity contribution in [2.45, 2.75) is 6.54 Å². The molecule has 4 nitrogen and oxygen atoms in total. The van der Waals surface area contributed by atoms with E-state index in [9.17, 15) is 4.79 Å². The first-order valence-corrected chi connectivity index (χ1v) is 5.48. The highest BCUT2D eigenvalue weighted by Gasteiger charge is 2.05. The van der Waals surface area contributed by atoms with E-state index in [1.165, 1.54) is 0 Å². The fourth-order valence-electron chi connectivity index (χ4n) is 1.52. The first-order chi connectivity index (χ1) is 8.79. The topological polar surface area (TPSA) is 65.8 Å². The van der Waals surface area contributed by atoms with E-state index in [1.807, 2.05) is 6.07 Å². The average Bonchev–Trinajstić information content (AvgIpc) is 2.46. The number of hydrogen-bond donors (Lipinski definition) is 1. The molecule has 0 spiro atoms. The Balaban J connectivity index is 2.00. The van der Waals surface area contributed by atoms with Crippen LogP contribution in [0.3, 0.4) is 0 Å². The third kappa shape index (κ3) is 2.92. The van der Waals surface area contributed by atoms with E-state index in [0.29, 0.717) is 17.8 Å². The molecule has 18 heavy (non-hydrogen) atoms. The van der Waals surface area contributed by atoms with Crippen LogP contribution in [-0.4, -0.2) is 10.9 Å². The average molecular weight is 237 g/mol. The zero-order valence-electron chi connectivity index (χ0n) is 9.63. The SMILES string of the molecule is N#Cc1cccc(CNC(=O)c2ccccn2)c1. The summed E-state index contributed by atoms with van der Waals surface area (Å²) in [4.78, 5) is 15.7.